The Balaban J connectivity index is 2.35. The van der Waals surface area contributed by atoms with E-state index in [1.54, 1.807) is 0 Å². The predicted octanol–water partition coefficient (Wildman–Crippen LogP) is 2.25. The first-order valence-corrected chi connectivity index (χ1v) is 4.64. The predicted molar refractivity (Wildman–Crippen MR) is 48.9 cm³/mol. The second-order valence-corrected chi connectivity index (χ2v) is 3.99. The molecular formula is C10H18O2. The van der Waals surface area contributed by atoms with Crippen LogP contribution in [0.2, 0.25) is 0 Å². The molecule has 0 aromatic rings. The van der Waals surface area contributed by atoms with Crippen molar-refractivity contribution in [2.75, 3.05) is 0 Å². The lowest BCUT2D eigenvalue weighted by Crippen LogP contribution is -2.27. The van der Waals surface area contributed by atoms with Crippen molar-refractivity contribution in [1.82, 2.24) is 0 Å². The summed E-state index contributed by atoms with van der Waals surface area (Å²) >= 11 is 0. The van der Waals surface area contributed by atoms with E-state index >= 15 is 0 Å². The molecule has 0 spiro atoms. The Morgan fingerprint density at radius 2 is 2.17 bits per heavy atom. The lowest BCUT2D eigenvalue weighted by atomic mass is 9.79. The van der Waals surface area contributed by atoms with Gasteiger partial charge in [-0.3, -0.25) is 0 Å². The van der Waals surface area contributed by atoms with E-state index in [-0.39, 0.29) is 11.9 Å². The summed E-state index contributed by atoms with van der Waals surface area (Å²) in [6.45, 7) is 5.55. The van der Waals surface area contributed by atoms with Gasteiger partial charge in [0.2, 0.25) is 0 Å². The van der Waals surface area contributed by atoms with Gasteiger partial charge < -0.3 is 10.2 Å². The Kier molecular flexibility index (Phi) is 3.15. The van der Waals surface area contributed by atoms with Gasteiger partial charge in [-0.2, -0.15) is 0 Å². The normalized spacial score (nSPS) is 36.3. The Hall–Kier alpha value is -0.500. The van der Waals surface area contributed by atoms with Gasteiger partial charge in [-0.15, -0.1) is 0 Å². The molecule has 0 bridgehead atoms. The zero-order valence-corrected chi connectivity index (χ0v) is 7.66. The molecule has 1 rings (SSSR count). The smallest absolute Gasteiger partial charge is 0.0853 e. The highest BCUT2D eigenvalue weighted by Gasteiger charge is 2.25. The second kappa shape index (κ2) is 3.94. The Labute approximate surface area is 73.9 Å². The summed E-state index contributed by atoms with van der Waals surface area (Å²) in [5.74, 6) is 1.11. The minimum absolute atomic E-state index is 0.178. The maximum absolute atomic E-state index is 9.55. The average Bonchev–Trinajstić information content (AvgIpc) is 1.96. The highest BCUT2D eigenvalue weighted by atomic mass is 16.3. The van der Waals surface area contributed by atoms with Gasteiger partial charge in [0.1, 0.15) is 0 Å². The van der Waals surface area contributed by atoms with Crippen molar-refractivity contribution in [2.24, 2.45) is 11.8 Å². The minimum Gasteiger partial charge on any atom is -0.513 e. The molecule has 0 heterocycles. The fraction of sp³-hybridized carbons (Fsp3) is 0.800. The van der Waals surface area contributed by atoms with Crippen molar-refractivity contribution in [2.45, 2.75) is 38.7 Å². The number of hydrogen-bond acceptors (Lipinski definition) is 2. The van der Waals surface area contributed by atoms with Gasteiger partial charge >= 0.3 is 0 Å². The maximum atomic E-state index is 9.55. The highest BCUT2D eigenvalue weighted by Crippen LogP contribution is 2.31. The van der Waals surface area contributed by atoms with Crippen LogP contribution in [-0.2, 0) is 0 Å². The average molecular weight is 170 g/mol. The Bertz CT molecular complexity index is 165. The van der Waals surface area contributed by atoms with Crippen LogP contribution in [0.4, 0.5) is 0 Å². The first kappa shape index (κ1) is 9.59. The van der Waals surface area contributed by atoms with Crippen molar-refractivity contribution >= 4 is 0 Å². The fourth-order valence-corrected chi connectivity index (χ4v) is 1.90. The number of rotatable bonds is 2. The monoisotopic (exact) mass is 170 g/mol. The van der Waals surface area contributed by atoms with Crippen LogP contribution in [0.1, 0.15) is 32.6 Å². The molecule has 0 saturated heterocycles. The largest absolute Gasteiger partial charge is 0.513 e. The first-order valence-electron chi connectivity index (χ1n) is 4.64. The molecule has 2 unspecified atom stereocenters. The van der Waals surface area contributed by atoms with Crippen LogP contribution in [0.5, 0.6) is 0 Å². The van der Waals surface area contributed by atoms with Gasteiger partial charge in [0.15, 0.2) is 0 Å². The van der Waals surface area contributed by atoms with Crippen LogP contribution in [0.25, 0.3) is 0 Å². The molecule has 1 aliphatic rings. The number of hydrogen-bond donors (Lipinski definition) is 2. The van der Waals surface area contributed by atoms with Crippen molar-refractivity contribution in [3.8, 4) is 0 Å². The third kappa shape index (κ3) is 2.52. The lowest BCUT2D eigenvalue weighted by Gasteiger charge is -2.30. The highest BCUT2D eigenvalue weighted by molar-refractivity contribution is 4.86. The van der Waals surface area contributed by atoms with Gasteiger partial charge in [-0.1, -0.05) is 13.5 Å². The molecule has 2 N–H and O–H groups in total. The molecule has 0 aromatic heterocycles. The summed E-state index contributed by atoms with van der Waals surface area (Å²) in [5.41, 5.74) is 0. The van der Waals surface area contributed by atoms with Gasteiger partial charge in [-0.25, -0.2) is 0 Å². The van der Waals surface area contributed by atoms with Crippen LogP contribution in [-0.4, -0.2) is 16.3 Å². The van der Waals surface area contributed by atoms with Crippen LogP contribution >= 0.6 is 0 Å². The standard InChI is InChI=1S/C10H18O2/c1-7-3-4-9(5-8(2)11)6-10(7)12/h7,9-12H,2-6H2,1H3/t7-,9?,10?/m0/s1. The van der Waals surface area contributed by atoms with E-state index in [1.807, 2.05) is 0 Å². The van der Waals surface area contributed by atoms with Crippen molar-refractivity contribution in [3.63, 3.8) is 0 Å². The van der Waals surface area contributed by atoms with E-state index < -0.39 is 0 Å². The molecular weight excluding hydrogens is 152 g/mol. The molecule has 2 nitrogen and oxygen atoms in total. The summed E-state index contributed by atoms with van der Waals surface area (Å²) in [4.78, 5) is 0. The summed E-state index contributed by atoms with van der Waals surface area (Å²) in [7, 11) is 0. The van der Waals surface area contributed by atoms with E-state index in [2.05, 4.69) is 13.5 Å². The van der Waals surface area contributed by atoms with E-state index in [0.717, 1.165) is 19.3 Å². The topological polar surface area (TPSA) is 40.5 Å². The molecule has 0 aliphatic heterocycles. The number of allylic oxidation sites excluding steroid dienone is 1. The molecule has 12 heavy (non-hydrogen) atoms. The molecule has 0 aromatic carbocycles. The second-order valence-electron chi connectivity index (χ2n) is 3.99. The van der Waals surface area contributed by atoms with E-state index in [0.29, 0.717) is 18.3 Å². The zero-order valence-electron chi connectivity index (χ0n) is 7.66. The molecule has 2 heteroatoms. The molecule has 1 aliphatic carbocycles. The summed E-state index contributed by atoms with van der Waals surface area (Å²) in [6.07, 6.45) is 3.48. The van der Waals surface area contributed by atoms with Crippen LogP contribution in [0, 0.1) is 11.8 Å². The summed E-state index contributed by atoms with van der Waals surface area (Å²) in [6, 6.07) is 0. The van der Waals surface area contributed by atoms with Gasteiger partial charge in [0, 0.05) is 6.42 Å². The van der Waals surface area contributed by atoms with Crippen molar-refractivity contribution in [3.05, 3.63) is 12.3 Å². The van der Waals surface area contributed by atoms with Gasteiger partial charge in [-0.05, 0) is 31.1 Å². The maximum Gasteiger partial charge on any atom is 0.0853 e. The molecule has 1 fully saturated rings. The SMILES string of the molecule is C=C(O)CC1CC[C@H](C)C(O)C1. The Morgan fingerprint density at radius 3 is 2.67 bits per heavy atom. The first-order chi connectivity index (χ1) is 5.59. The van der Waals surface area contributed by atoms with Crippen LogP contribution in [0.3, 0.4) is 0 Å². The third-order valence-electron chi connectivity index (χ3n) is 2.79. The molecule has 0 amide bonds. The molecule has 70 valence electrons. The fourth-order valence-electron chi connectivity index (χ4n) is 1.90. The quantitative estimate of drug-likeness (QED) is 0.624. The van der Waals surface area contributed by atoms with Crippen LogP contribution in [0.15, 0.2) is 12.3 Å². The lowest BCUT2D eigenvalue weighted by molar-refractivity contribution is 0.0509. The van der Waals surface area contributed by atoms with Gasteiger partial charge in [0.25, 0.3) is 0 Å². The van der Waals surface area contributed by atoms with Crippen molar-refractivity contribution < 1.29 is 10.2 Å². The van der Waals surface area contributed by atoms with Crippen LogP contribution < -0.4 is 0 Å². The van der Waals surface area contributed by atoms with E-state index in [4.69, 9.17) is 5.11 Å². The Morgan fingerprint density at radius 1 is 1.50 bits per heavy atom. The summed E-state index contributed by atoms with van der Waals surface area (Å²) < 4.78 is 0. The number of aliphatic hydroxyl groups is 2. The molecule has 1 saturated carbocycles. The number of aliphatic hydroxyl groups excluding tert-OH is 2. The van der Waals surface area contributed by atoms with E-state index in [1.165, 1.54) is 0 Å². The summed E-state index contributed by atoms with van der Waals surface area (Å²) in [5, 5.41) is 18.5. The third-order valence-corrected chi connectivity index (χ3v) is 2.79. The van der Waals surface area contributed by atoms with Crippen molar-refractivity contribution in [1.29, 1.82) is 0 Å². The van der Waals surface area contributed by atoms with E-state index in [9.17, 15) is 5.11 Å². The molecule has 3 atom stereocenters. The van der Waals surface area contributed by atoms with Gasteiger partial charge in [0.05, 0.1) is 11.9 Å². The minimum atomic E-state index is -0.178. The molecule has 0 radical (unpaired) electrons. The zero-order chi connectivity index (χ0) is 9.14.